The molecule has 1 atom stereocenters. The molecule has 100 valence electrons. The van der Waals surface area contributed by atoms with Gasteiger partial charge in [-0.2, -0.15) is 0 Å². The number of rotatable bonds is 4. The third-order valence-corrected chi connectivity index (χ3v) is 3.69. The van der Waals surface area contributed by atoms with E-state index >= 15 is 0 Å². The molecule has 0 spiro atoms. The summed E-state index contributed by atoms with van der Waals surface area (Å²) in [5.41, 5.74) is 6.98. The first-order valence-electron chi connectivity index (χ1n) is 6.60. The van der Waals surface area contributed by atoms with Gasteiger partial charge in [-0.3, -0.25) is 0 Å². The first-order valence-corrected chi connectivity index (χ1v) is 6.60. The maximum atomic E-state index is 5.91. The van der Waals surface area contributed by atoms with E-state index < -0.39 is 0 Å². The second-order valence-electron chi connectivity index (χ2n) is 5.21. The van der Waals surface area contributed by atoms with Gasteiger partial charge in [-0.15, -0.1) is 0 Å². The zero-order chi connectivity index (χ0) is 13.1. The van der Waals surface area contributed by atoms with Gasteiger partial charge in [0.2, 0.25) is 0 Å². The highest BCUT2D eigenvalue weighted by molar-refractivity contribution is 5.56. The molecule has 2 rings (SSSR count). The predicted molar refractivity (Wildman–Crippen MR) is 74.7 cm³/mol. The van der Waals surface area contributed by atoms with Crippen molar-refractivity contribution in [3.05, 3.63) is 11.9 Å². The Morgan fingerprint density at radius 2 is 2.28 bits per heavy atom. The fourth-order valence-electron chi connectivity index (χ4n) is 2.73. The topological polar surface area (TPSA) is 58.3 Å². The maximum absolute atomic E-state index is 5.91. The summed E-state index contributed by atoms with van der Waals surface area (Å²) in [6.07, 6.45) is 3.70. The van der Waals surface area contributed by atoms with E-state index in [9.17, 15) is 0 Å². The number of hydrogen-bond donors (Lipinski definition) is 1. The maximum Gasteiger partial charge on any atom is 0.137 e. The Labute approximate surface area is 109 Å². The summed E-state index contributed by atoms with van der Waals surface area (Å²) in [5.74, 6) is 2.32. The van der Waals surface area contributed by atoms with Crippen molar-refractivity contribution in [1.29, 1.82) is 0 Å². The van der Waals surface area contributed by atoms with Gasteiger partial charge >= 0.3 is 0 Å². The molecule has 1 aliphatic heterocycles. The van der Waals surface area contributed by atoms with Crippen LogP contribution in [0.4, 0.5) is 11.6 Å². The molecule has 0 amide bonds. The Morgan fingerprint density at radius 3 is 2.89 bits per heavy atom. The Balaban J connectivity index is 2.08. The summed E-state index contributed by atoms with van der Waals surface area (Å²) in [6.45, 7) is 5.50. The molecule has 0 bridgehead atoms. The predicted octanol–water partition coefficient (Wildman–Crippen LogP) is 1.01. The minimum Gasteiger partial charge on any atom is -0.383 e. The van der Waals surface area contributed by atoms with Crippen molar-refractivity contribution in [2.75, 3.05) is 44.4 Å². The first kappa shape index (κ1) is 13.1. The van der Waals surface area contributed by atoms with E-state index in [2.05, 4.69) is 40.8 Å². The highest BCUT2D eigenvalue weighted by atomic mass is 15.2. The van der Waals surface area contributed by atoms with Crippen molar-refractivity contribution in [3.63, 3.8) is 0 Å². The van der Waals surface area contributed by atoms with Gasteiger partial charge in [0.1, 0.15) is 18.0 Å². The van der Waals surface area contributed by atoms with Crippen LogP contribution in [0.2, 0.25) is 0 Å². The first-order chi connectivity index (χ1) is 8.61. The fourth-order valence-corrected chi connectivity index (χ4v) is 2.73. The van der Waals surface area contributed by atoms with Crippen molar-refractivity contribution in [3.8, 4) is 0 Å². The molecule has 5 heteroatoms. The summed E-state index contributed by atoms with van der Waals surface area (Å²) in [4.78, 5) is 13.1. The molecule has 0 aromatic carbocycles. The molecule has 1 aromatic heterocycles. The Morgan fingerprint density at radius 1 is 1.50 bits per heavy atom. The summed E-state index contributed by atoms with van der Waals surface area (Å²) in [5, 5.41) is 0. The van der Waals surface area contributed by atoms with E-state index in [1.807, 2.05) is 0 Å². The van der Waals surface area contributed by atoms with Gasteiger partial charge in [0.25, 0.3) is 0 Å². The van der Waals surface area contributed by atoms with E-state index in [0.29, 0.717) is 5.82 Å². The number of nitrogens with two attached hydrogens (primary N) is 1. The minimum atomic E-state index is 0.609. The molecule has 0 saturated carbocycles. The smallest absolute Gasteiger partial charge is 0.137 e. The Hall–Kier alpha value is -1.36. The largest absolute Gasteiger partial charge is 0.383 e. The standard InChI is InChI=1S/C13H23N5/c1-4-11-12(14)15-9-16-13(11)18(3)8-10-5-6-17(2)7-10/h9-10H,4-8H2,1-3H3,(H2,14,15,16). The zero-order valence-electron chi connectivity index (χ0n) is 11.6. The van der Waals surface area contributed by atoms with Crippen LogP contribution in [0.25, 0.3) is 0 Å². The number of nitrogens with zero attached hydrogens (tertiary/aromatic N) is 4. The number of hydrogen-bond acceptors (Lipinski definition) is 5. The second-order valence-corrected chi connectivity index (χ2v) is 5.21. The monoisotopic (exact) mass is 249 g/mol. The molecular formula is C13H23N5. The van der Waals surface area contributed by atoms with Gasteiger partial charge in [-0.25, -0.2) is 9.97 Å². The van der Waals surface area contributed by atoms with E-state index in [0.717, 1.165) is 30.3 Å². The number of aromatic nitrogens is 2. The van der Waals surface area contributed by atoms with Gasteiger partial charge < -0.3 is 15.5 Å². The molecule has 0 aliphatic carbocycles. The average molecular weight is 249 g/mol. The highest BCUT2D eigenvalue weighted by Gasteiger charge is 2.22. The van der Waals surface area contributed by atoms with Crippen LogP contribution in [0.5, 0.6) is 0 Å². The summed E-state index contributed by atoms with van der Waals surface area (Å²) in [6, 6.07) is 0. The number of likely N-dealkylation sites (tertiary alicyclic amines) is 1. The van der Waals surface area contributed by atoms with Crippen LogP contribution in [0.3, 0.4) is 0 Å². The molecular weight excluding hydrogens is 226 g/mol. The molecule has 1 unspecified atom stereocenters. The van der Waals surface area contributed by atoms with Crippen molar-refractivity contribution in [1.82, 2.24) is 14.9 Å². The zero-order valence-corrected chi connectivity index (χ0v) is 11.6. The van der Waals surface area contributed by atoms with Gasteiger partial charge in [0.05, 0.1) is 0 Å². The van der Waals surface area contributed by atoms with E-state index in [1.165, 1.54) is 19.5 Å². The Kier molecular flexibility index (Phi) is 4.01. The third-order valence-electron chi connectivity index (χ3n) is 3.69. The molecule has 0 radical (unpaired) electrons. The summed E-state index contributed by atoms with van der Waals surface area (Å²) in [7, 11) is 4.28. The molecule has 2 N–H and O–H groups in total. The minimum absolute atomic E-state index is 0.609. The molecule has 1 saturated heterocycles. The van der Waals surface area contributed by atoms with Crippen LogP contribution >= 0.6 is 0 Å². The normalized spacial score (nSPS) is 20.3. The lowest BCUT2D eigenvalue weighted by Crippen LogP contribution is -2.29. The summed E-state index contributed by atoms with van der Waals surface area (Å²) >= 11 is 0. The van der Waals surface area contributed by atoms with E-state index in [1.54, 1.807) is 6.33 Å². The molecule has 1 aromatic rings. The molecule has 18 heavy (non-hydrogen) atoms. The van der Waals surface area contributed by atoms with Gasteiger partial charge in [0, 0.05) is 25.7 Å². The molecule has 1 aliphatic rings. The van der Waals surface area contributed by atoms with Crippen molar-refractivity contribution >= 4 is 11.6 Å². The average Bonchev–Trinajstić information content (AvgIpc) is 2.74. The van der Waals surface area contributed by atoms with Gasteiger partial charge in [0.15, 0.2) is 0 Å². The van der Waals surface area contributed by atoms with Gasteiger partial charge in [-0.1, -0.05) is 6.92 Å². The molecule has 5 nitrogen and oxygen atoms in total. The van der Waals surface area contributed by atoms with Crippen molar-refractivity contribution in [2.24, 2.45) is 5.92 Å². The Bertz CT molecular complexity index is 406. The van der Waals surface area contributed by atoms with Crippen molar-refractivity contribution < 1.29 is 0 Å². The lowest BCUT2D eigenvalue weighted by molar-refractivity contribution is 0.395. The van der Waals surface area contributed by atoms with Crippen LogP contribution < -0.4 is 10.6 Å². The lowest BCUT2D eigenvalue weighted by Gasteiger charge is -2.24. The van der Waals surface area contributed by atoms with Crippen LogP contribution in [-0.4, -0.2) is 48.6 Å². The number of anilines is 2. The quantitative estimate of drug-likeness (QED) is 0.863. The SMILES string of the molecule is CCc1c(N)ncnc1N(C)CC1CCN(C)C1. The van der Waals surface area contributed by atoms with Crippen LogP contribution in [0.1, 0.15) is 18.9 Å². The van der Waals surface area contributed by atoms with E-state index in [4.69, 9.17) is 5.73 Å². The second kappa shape index (κ2) is 5.52. The lowest BCUT2D eigenvalue weighted by atomic mass is 10.1. The summed E-state index contributed by atoms with van der Waals surface area (Å²) < 4.78 is 0. The molecule has 1 fully saturated rings. The van der Waals surface area contributed by atoms with Gasteiger partial charge in [-0.05, 0) is 32.4 Å². The highest BCUT2D eigenvalue weighted by Crippen LogP contribution is 2.23. The fraction of sp³-hybridized carbons (Fsp3) is 0.692. The van der Waals surface area contributed by atoms with Crippen molar-refractivity contribution in [2.45, 2.75) is 19.8 Å². The van der Waals surface area contributed by atoms with Crippen LogP contribution in [0.15, 0.2) is 6.33 Å². The van der Waals surface area contributed by atoms with E-state index in [-0.39, 0.29) is 0 Å². The number of nitrogen functional groups attached to an aromatic ring is 1. The van der Waals surface area contributed by atoms with Crippen LogP contribution in [-0.2, 0) is 6.42 Å². The third kappa shape index (κ3) is 2.72. The molecule has 2 heterocycles. The van der Waals surface area contributed by atoms with Crippen LogP contribution in [0, 0.1) is 5.92 Å².